The highest BCUT2D eigenvalue weighted by Crippen LogP contribution is 2.15. The first kappa shape index (κ1) is 11.5. The molecule has 0 amide bonds. The average Bonchev–Trinajstić information content (AvgIpc) is 2.28. The Bertz CT molecular complexity index is 335. The van der Waals surface area contributed by atoms with Gasteiger partial charge in [0.1, 0.15) is 11.9 Å². The Morgan fingerprint density at radius 3 is 2.87 bits per heavy atom. The molecule has 1 N–H and O–H groups in total. The Morgan fingerprint density at radius 2 is 2.27 bits per heavy atom. The summed E-state index contributed by atoms with van der Waals surface area (Å²) in [4.78, 5) is 11.2. The summed E-state index contributed by atoms with van der Waals surface area (Å²) in [7, 11) is 1.33. The molecule has 0 heterocycles. The summed E-state index contributed by atoms with van der Waals surface area (Å²) < 4.78 is 9.92. The Hall–Kier alpha value is -1.55. The molecular formula is C11H14O4. The first-order chi connectivity index (χ1) is 7.17. The van der Waals surface area contributed by atoms with Crippen LogP contribution < -0.4 is 4.74 Å². The molecule has 0 spiro atoms. The molecule has 0 aromatic heterocycles. The lowest BCUT2D eigenvalue weighted by atomic mass is 10.2. The molecule has 1 aromatic carbocycles. The van der Waals surface area contributed by atoms with Gasteiger partial charge in [0.15, 0.2) is 0 Å². The van der Waals surface area contributed by atoms with Crippen molar-refractivity contribution in [2.75, 3.05) is 13.7 Å². The molecule has 0 bridgehead atoms. The van der Waals surface area contributed by atoms with Crippen molar-refractivity contribution in [1.29, 1.82) is 0 Å². The van der Waals surface area contributed by atoms with E-state index in [0.29, 0.717) is 11.3 Å². The van der Waals surface area contributed by atoms with Crippen LogP contribution in [0.4, 0.5) is 0 Å². The minimum atomic E-state index is -0.405. The monoisotopic (exact) mass is 210 g/mol. The number of rotatable bonds is 4. The van der Waals surface area contributed by atoms with Gasteiger partial charge in [-0.25, -0.2) is 4.79 Å². The Morgan fingerprint density at radius 1 is 1.53 bits per heavy atom. The van der Waals surface area contributed by atoms with Gasteiger partial charge in [-0.1, -0.05) is 6.07 Å². The van der Waals surface area contributed by atoms with E-state index in [1.807, 2.05) is 0 Å². The van der Waals surface area contributed by atoms with Crippen LogP contribution in [0, 0.1) is 0 Å². The number of carbonyl (C=O) groups excluding carboxylic acids is 1. The normalized spacial score (nSPS) is 11.9. The maximum Gasteiger partial charge on any atom is 0.337 e. The summed E-state index contributed by atoms with van der Waals surface area (Å²) >= 11 is 0. The minimum Gasteiger partial charge on any atom is -0.488 e. The second-order valence-electron chi connectivity index (χ2n) is 3.13. The van der Waals surface area contributed by atoms with Crippen molar-refractivity contribution in [3.05, 3.63) is 29.8 Å². The molecule has 1 rings (SSSR count). The van der Waals surface area contributed by atoms with Crippen molar-refractivity contribution in [3.63, 3.8) is 0 Å². The van der Waals surface area contributed by atoms with Crippen molar-refractivity contribution in [2.24, 2.45) is 0 Å². The fourth-order valence-corrected chi connectivity index (χ4v) is 1.08. The molecular weight excluding hydrogens is 196 g/mol. The number of methoxy groups -OCH3 is 1. The van der Waals surface area contributed by atoms with E-state index in [1.165, 1.54) is 7.11 Å². The molecule has 0 saturated heterocycles. The molecule has 0 fully saturated rings. The largest absolute Gasteiger partial charge is 0.488 e. The van der Waals surface area contributed by atoms with Crippen LogP contribution in [0.2, 0.25) is 0 Å². The lowest BCUT2D eigenvalue weighted by Gasteiger charge is -2.12. The third kappa shape index (κ3) is 3.25. The maximum absolute atomic E-state index is 11.2. The van der Waals surface area contributed by atoms with Gasteiger partial charge in [-0.15, -0.1) is 0 Å². The molecule has 1 atom stereocenters. The van der Waals surface area contributed by atoms with Crippen LogP contribution in [0.1, 0.15) is 17.3 Å². The van der Waals surface area contributed by atoms with Gasteiger partial charge < -0.3 is 14.6 Å². The van der Waals surface area contributed by atoms with Gasteiger partial charge >= 0.3 is 5.97 Å². The SMILES string of the molecule is COC(=O)c1cccc(OC(C)CO)c1. The van der Waals surface area contributed by atoms with Gasteiger partial charge in [0.2, 0.25) is 0 Å². The lowest BCUT2D eigenvalue weighted by Crippen LogP contribution is -2.16. The molecule has 0 aliphatic carbocycles. The number of carbonyl (C=O) groups is 1. The van der Waals surface area contributed by atoms with E-state index in [0.717, 1.165) is 0 Å². The van der Waals surface area contributed by atoms with Crippen LogP contribution in [-0.2, 0) is 4.74 Å². The standard InChI is InChI=1S/C11H14O4/c1-8(7-12)15-10-5-3-4-9(6-10)11(13)14-2/h3-6,8,12H,7H2,1-2H3. The zero-order valence-electron chi connectivity index (χ0n) is 8.77. The van der Waals surface area contributed by atoms with Gasteiger partial charge in [-0.3, -0.25) is 0 Å². The quantitative estimate of drug-likeness (QED) is 0.759. The number of hydrogen-bond donors (Lipinski definition) is 1. The summed E-state index contributed by atoms with van der Waals surface area (Å²) in [6.45, 7) is 1.67. The Labute approximate surface area is 88.4 Å². The lowest BCUT2D eigenvalue weighted by molar-refractivity contribution is 0.0599. The zero-order chi connectivity index (χ0) is 11.3. The van der Waals surface area contributed by atoms with Crippen LogP contribution in [0.25, 0.3) is 0 Å². The number of esters is 1. The smallest absolute Gasteiger partial charge is 0.337 e. The fraction of sp³-hybridized carbons (Fsp3) is 0.364. The number of aliphatic hydroxyl groups excluding tert-OH is 1. The summed E-state index contributed by atoms with van der Waals surface area (Å²) in [6.07, 6.45) is -0.294. The highest BCUT2D eigenvalue weighted by Gasteiger charge is 2.07. The Balaban J connectivity index is 2.78. The molecule has 0 aliphatic rings. The van der Waals surface area contributed by atoms with Crippen LogP contribution in [0.5, 0.6) is 5.75 Å². The van der Waals surface area contributed by atoms with Crippen LogP contribution in [0.3, 0.4) is 0 Å². The van der Waals surface area contributed by atoms with Crippen LogP contribution in [0.15, 0.2) is 24.3 Å². The van der Waals surface area contributed by atoms with Crippen LogP contribution in [-0.4, -0.2) is 30.9 Å². The third-order valence-corrected chi connectivity index (χ3v) is 1.85. The topological polar surface area (TPSA) is 55.8 Å². The van der Waals surface area contributed by atoms with E-state index < -0.39 is 5.97 Å². The van der Waals surface area contributed by atoms with Crippen molar-refractivity contribution < 1.29 is 19.4 Å². The van der Waals surface area contributed by atoms with E-state index in [4.69, 9.17) is 9.84 Å². The van der Waals surface area contributed by atoms with Gasteiger partial charge in [0, 0.05) is 0 Å². The number of aliphatic hydroxyl groups is 1. The molecule has 1 aromatic rings. The van der Waals surface area contributed by atoms with E-state index in [9.17, 15) is 4.79 Å². The zero-order valence-corrected chi connectivity index (χ0v) is 8.77. The van der Waals surface area contributed by atoms with Crippen molar-refractivity contribution in [3.8, 4) is 5.75 Å². The summed E-state index contributed by atoms with van der Waals surface area (Å²) in [5.41, 5.74) is 0.431. The van der Waals surface area contributed by atoms with Crippen molar-refractivity contribution in [2.45, 2.75) is 13.0 Å². The molecule has 82 valence electrons. The van der Waals surface area contributed by atoms with E-state index >= 15 is 0 Å². The van der Waals surface area contributed by atoms with Crippen molar-refractivity contribution in [1.82, 2.24) is 0 Å². The predicted octanol–water partition coefficient (Wildman–Crippen LogP) is 1.23. The molecule has 0 radical (unpaired) electrons. The van der Waals surface area contributed by atoms with Gasteiger partial charge in [0.05, 0.1) is 19.3 Å². The van der Waals surface area contributed by atoms with E-state index in [1.54, 1.807) is 31.2 Å². The summed E-state index contributed by atoms with van der Waals surface area (Å²) in [5.74, 6) is 0.136. The predicted molar refractivity (Wildman–Crippen MR) is 55.0 cm³/mol. The van der Waals surface area contributed by atoms with E-state index in [-0.39, 0.29) is 12.7 Å². The molecule has 15 heavy (non-hydrogen) atoms. The highest BCUT2D eigenvalue weighted by atomic mass is 16.5. The fourth-order valence-electron chi connectivity index (χ4n) is 1.08. The second-order valence-corrected chi connectivity index (χ2v) is 3.13. The Kier molecular flexibility index (Phi) is 4.12. The van der Waals surface area contributed by atoms with Gasteiger partial charge in [0.25, 0.3) is 0 Å². The van der Waals surface area contributed by atoms with Crippen LogP contribution >= 0.6 is 0 Å². The first-order valence-electron chi connectivity index (χ1n) is 4.63. The first-order valence-corrected chi connectivity index (χ1v) is 4.63. The van der Waals surface area contributed by atoms with Crippen molar-refractivity contribution >= 4 is 5.97 Å². The van der Waals surface area contributed by atoms with Gasteiger partial charge in [-0.2, -0.15) is 0 Å². The average molecular weight is 210 g/mol. The number of hydrogen-bond acceptors (Lipinski definition) is 4. The third-order valence-electron chi connectivity index (χ3n) is 1.85. The second kappa shape index (κ2) is 5.36. The number of benzene rings is 1. The van der Waals surface area contributed by atoms with Gasteiger partial charge in [-0.05, 0) is 25.1 Å². The summed E-state index contributed by atoms with van der Waals surface area (Å²) in [5, 5.41) is 8.80. The molecule has 4 heteroatoms. The molecule has 1 unspecified atom stereocenters. The highest BCUT2D eigenvalue weighted by molar-refractivity contribution is 5.89. The molecule has 0 aliphatic heterocycles. The van der Waals surface area contributed by atoms with E-state index in [2.05, 4.69) is 4.74 Å². The maximum atomic E-state index is 11.2. The molecule has 4 nitrogen and oxygen atoms in total. The minimum absolute atomic E-state index is 0.0670. The number of ether oxygens (including phenoxy) is 2. The summed E-state index contributed by atoms with van der Waals surface area (Å²) in [6, 6.07) is 6.64. The molecule has 0 saturated carbocycles.